The normalized spacial score (nSPS) is 10.2. The molecule has 2 aromatic rings. The van der Waals surface area contributed by atoms with Crippen molar-refractivity contribution in [2.75, 3.05) is 6.54 Å². The Kier molecular flexibility index (Phi) is 5.77. The largest absolute Gasteiger partial charge is 0.350 e. The third-order valence-electron chi connectivity index (χ3n) is 3.56. The van der Waals surface area contributed by atoms with Crippen molar-refractivity contribution in [3.8, 4) is 0 Å². The van der Waals surface area contributed by atoms with E-state index in [-0.39, 0.29) is 18.4 Å². The number of hydrogen-bond acceptors (Lipinski definition) is 2. The molecule has 2 amide bonds. The average molecular weight is 331 g/mol. The van der Waals surface area contributed by atoms with Crippen LogP contribution in [0, 0.1) is 13.8 Å². The number of amides is 2. The number of benzene rings is 2. The highest BCUT2D eigenvalue weighted by atomic mass is 35.5. The van der Waals surface area contributed by atoms with Crippen LogP contribution in [0.4, 0.5) is 0 Å². The zero-order valence-corrected chi connectivity index (χ0v) is 13.9. The number of aryl methyl sites for hydroxylation is 2. The lowest BCUT2D eigenvalue weighted by Crippen LogP contribution is -2.36. The Morgan fingerprint density at radius 2 is 1.78 bits per heavy atom. The maximum atomic E-state index is 12.0. The average Bonchev–Trinajstić information content (AvgIpc) is 2.53. The van der Waals surface area contributed by atoms with Crippen LogP contribution in [-0.4, -0.2) is 18.4 Å². The van der Waals surface area contributed by atoms with Gasteiger partial charge in [0, 0.05) is 17.1 Å². The van der Waals surface area contributed by atoms with Gasteiger partial charge in [-0.2, -0.15) is 0 Å². The van der Waals surface area contributed by atoms with E-state index in [1.54, 1.807) is 18.2 Å². The fraction of sp³-hybridized carbons (Fsp3) is 0.222. The lowest BCUT2D eigenvalue weighted by atomic mass is 10.1. The van der Waals surface area contributed by atoms with Gasteiger partial charge in [0.2, 0.25) is 5.91 Å². The molecule has 0 atom stereocenters. The lowest BCUT2D eigenvalue weighted by Gasteiger charge is -2.08. The predicted molar refractivity (Wildman–Crippen MR) is 91.5 cm³/mol. The number of nitrogens with one attached hydrogen (secondary N) is 2. The second-order valence-electron chi connectivity index (χ2n) is 5.39. The first-order valence-electron chi connectivity index (χ1n) is 7.32. The van der Waals surface area contributed by atoms with Crippen molar-refractivity contribution < 1.29 is 9.59 Å². The van der Waals surface area contributed by atoms with Crippen molar-refractivity contribution in [3.05, 3.63) is 69.7 Å². The molecule has 120 valence electrons. The third kappa shape index (κ3) is 5.11. The molecule has 4 nitrogen and oxygen atoms in total. The molecule has 0 radical (unpaired) electrons. The van der Waals surface area contributed by atoms with Crippen LogP contribution in [0.5, 0.6) is 0 Å². The molecule has 0 aliphatic rings. The lowest BCUT2D eigenvalue weighted by molar-refractivity contribution is -0.120. The Balaban J connectivity index is 1.81. The van der Waals surface area contributed by atoms with Crippen LogP contribution in [0.2, 0.25) is 5.02 Å². The monoisotopic (exact) mass is 330 g/mol. The van der Waals surface area contributed by atoms with Crippen molar-refractivity contribution in [2.45, 2.75) is 20.4 Å². The van der Waals surface area contributed by atoms with E-state index in [2.05, 4.69) is 10.6 Å². The van der Waals surface area contributed by atoms with Gasteiger partial charge in [-0.25, -0.2) is 0 Å². The summed E-state index contributed by atoms with van der Waals surface area (Å²) in [6.45, 7) is 4.25. The smallest absolute Gasteiger partial charge is 0.251 e. The highest BCUT2D eigenvalue weighted by Crippen LogP contribution is 2.10. The molecule has 0 bridgehead atoms. The highest BCUT2D eigenvalue weighted by molar-refractivity contribution is 6.30. The summed E-state index contributed by atoms with van der Waals surface area (Å²) in [7, 11) is 0. The van der Waals surface area contributed by atoms with Gasteiger partial charge < -0.3 is 10.6 Å². The van der Waals surface area contributed by atoms with Crippen LogP contribution in [-0.2, 0) is 11.3 Å². The van der Waals surface area contributed by atoms with Crippen LogP contribution in [0.15, 0.2) is 42.5 Å². The first-order chi connectivity index (χ1) is 11.0. The van der Waals surface area contributed by atoms with E-state index in [1.807, 2.05) is 38.1 Å². The van der Waals surface area contributed by atoms with Gasteiger partial charge in [-0.15, -0.1) is 0 Å². The fourth-order valence-corrected chi connectivity index (χ4v) is 2.27. The Bertz CT molecular complexity index is 729. The summed E-state index contributed by atoms with van der Waals surface area (Å²) in [4.78, 5) is 23.8. The van der Waals surface area contributed by atoms with Crippen molar-refractivity contribution in [2.24, 2.45) is 0 Å². The molecule has 23 heavy (non-hydrogen) atoms. The topological polar surface area (TPSA) is 58.2 Å². The van der Waals surface area contributed by atoms with Gasteiger partial charge in [0.05, 0.1) is 6.54 Å². The second-order valence-corrected chi connectivity index (χ2v) is 5.82. The Labute approximate surface area is 140 Å². The Morgan fingerprint density at radius 1 is 1.00 bits per heavy atom. The van der Waals surface area contributed by atoms with E-state index >= 15 is 0 Å². The Hall–Kier alpha value is -2.33. The van der Waals surface area contributed by atoms with Crippen molar-refractivity contribution in [3.63, 3.8) is 0 Å². The predicted octanol–water partition coefficient (Wildman–Crippen LogP) is 3.00. The van der Waals surface area contributed by atoms with Crippen LogP contribution in [0.3, 0.4) is 0 Å². The van der Waals surface area contributed by atoms with Crippen molar-refractivity contribution in [1.29, 1.82) is 0 Å². The summed E-state index contributed by atoms with van der Waals surface area (Å²) in [5.74, 6) is -0.506. The maximum Gasteiger partial charge on any atom is 0.251 e. The standard InChI is InChI=1S/C18H19ClN2O2/c1-12-6-7-15(8-13(12)2)18(23)21-11-17(22)20-10-14-4-3-5-16(19)9-14/h3-9H,10-11H2,1-2H3,(H,20,22)(H,21,23). The zero-order chi connectivity index (χ0) is 16.8. The summed E-state index contributed by atoms with van der Waals surface area (Å²) in [6, 6.07) is 12.7. The quantitative estimate of drug-likeness (QED) is 0.885. The van der Waals surface area contributed by atoms with E-state index < -0.39 is 0 Å². The van der Waals surface area contributed by atoms with Crippen LogP contribution in [0.1, 0.15) is 27.0 Å². The minimum Gasteiger partial charge on any atom is -0.350 e. The highest BCUT2D eigenvalue weighted by Gasteiger charge is 2.08. The SMILES string of the molecule is Cc1ccc(C(=O)NCC(=O)NCc2cccc(Cl)c2)cc1C. The van der Waals surface area contributed by atoms with Gasteiger partial charge in [0.15, 0.2) is 0 Å². The van der Waals surface area contributed by atoms with E-state index in [9.17, 15) is 9.59 Å². The molecule has 2 rings (SSSR count). The van der Waals surface area contributed by atoms with E-state index in [0.29, 0.717) is 17.1 Å². The van der Waals surface area contributed by atoms with Crippen molar-refractivity contribution >= 4 is 23.4 Å². The molecule has 0 heterocycles. The number of carbonyl (C=O) groups is 2. The van der Waals surface area contributed by atoms with Gasteiger partial charge in [-0.05, 0) is 54.8 Å². The summed E-state index contributed by atoms with van der Waals surface area (Å²) < 4.78 is 0. The van der Waals surface area contributed by atoms with Gasteiger partial charge in [-0.3, -0.25) is 9.59 Å². The Morgan fingerprint density at radius 3 is 2.48 bits per heavy atom. The van der Waals surface area contributed by atoms with Crippen LogP contribution < -0.4 is 10.6 Å². The first kappa shape index (κ1) is 17.0. The summed E-state index contributed by atoms with van der Waals surface area (Å²) in [5, 5.41) is 5.98. The minimum absolute atomic E-state index is 0.0632. The fourth-order valence-electron chi connectivity index (χ4n) is 2.06. The molecule has 0 spiro atoms. The molecule has 0 aromatic heterocycles. The van der Waals surface area contributed by atoms with Gasteiger partial charge in [0.25, 0.3) is 5.91 Å². The third-order valence-corrected chi connectivity index (χ3v) is 3.79. The molecule has 0 saturated heterocycles. The minimum atomic E-state index is -0.258. The number of hydrogen-bond donors (Lipinski definition) is 2. The number of halogens is 1. The molecule has 0 unspecified atom stereocenters. The summed E-state index contributed by atoms with van der Waals surface area (Å²) >= 11 is 5.88. The van der Waals surface area contributed by atoms with E-state index in [0.717, 1.165) is 16.7 Å². The maximum absolute atomic E-state index is 12.0. The number of carbonyl (C=O) groups excluding carboxylic acids is 2. The zero-order valence-electron chi connectivity index (χ0n) is 13.2. The van der Waals surface area contributed by atoms with Gasteiger partial charge in [-0.1, -0.05) is 29.8 Å². The van der Waals surface area contributed by atoms with Gasteiger partial charge >= 0.3 is 0 Å². The molecule has 0 fully saturated rings. The molecule has 2 N–H and O–H groups in total. The van der Waals surface area contributed by atoms with Crippen LogP contribution in [0.25, 0.3) is 0 Å². The molecule has 0 saturated carbocycles. The second kappa shape index (κ2) is 7.79. The van der Waals surface area contributed by atoms with E-state index in [1.165, 1.54) is 0 Å². The molecule has 0 aliphatic heterocycles. The molecular formula is C18H19ClN2O2. The molecule has 2 aromatic carbocycles. The summed E-state index contributed by atoms with van der Waals surface area (Å²) in [6.07, 6.45) is 0. The molecule has 5 heteroatoms. The molecular weight excluding hydrogens is 312 g/mol. The van der Waals surface area contributed by atoms with Crippen LogP contribution >= 0.6 is 11.6 Å². The first-order valence-corrected chi connectivity index (χ1v) is 7.70. The summed E-state index contributed by atoms with van der Waals surface area (Å²) in [5.41, 5.74) is 3.63. The van der Waals surface area contributed by atoms with Crippen molar-refractivity contribution in [1.82, 2.24) is 10.6 Å². The van der Waals surface area contributed by atoms with E-state index in [4.69, 9.17) is 11.6 Å². The molecule has 0 aliphatic carbocycles. The number of rotatable bonds is 5. The van der Waals surface area contributed by atoms with Gasteiger partial charge in [0.1, 0.15) is 0 Å².